The van der Waals surface area contributed by atoms with Crippen molar-refractivity contribution in [3.05, 3.63) is 0 Å². The molecule has 0 aliphatic carbocycles. The highest BCUT2D eigenvalue weighted by molar-refractivity contribution is 5.70. The lowest BCUT2D eigenvalue weighted by atomic mass is 9.98. The van der Waals surface area contributed by atoms with Gasteiger partial charge in [-0.2, -0.15) is 0 Å². The van der Waals surface area contributed by atoms with Gasteiger partial charge in [0.2, 0.25) is 5.54 Å². The van der Waals surface area contributed by atoms with Gasteiger partial charge in [-0.3, -0.25) is 14.4 Å². The number of carbonyl (C=O) groups excluding carboxylic acids is 3. The maximum Gasteiger partial charge on any atom is 0.306 e. The van der Waals surface area contributed by atoms with Crippen LogP contribution in [-0.4, -0.2) is 68.9 Å². The van der Waals surface area contributed by atoms with Crippen LogP contribution in [0.5, 0.6) is 0 Å². The maximum atomic E-state index is 13.1. The van der Waals surface area contributed by atoms with Crippen LogP contribution < -0.4 is 12.4 Å². The quantitative estimate of drug-likeness (QED) is 0.0261. The summed E-state index contributed by atoms with van der Waals surface area (Å²) in [6.07, 6.45) is 58.8. The number of hydrogen-bond donors (Lipinski definition) is 0. The molecule has 0 aliphatic rings. The normalized spacial score (nSPS) is 11.7. The summed E-state index contributed by atoms with van der Waals surface area (Å²) in [6.45, 7) is 6.94. The predicted molar refractivity (Wildman–Crippen MR) is 292 cm³/mol. The largest absolute Gasteiger partial charge is 1.00 e. The van der Waals surface area contributed by atoms with Gasteiger partial charge >= 0.3 is 17.9 Å². The second kappa shape index (κ2) is 53.0. The van der Waals surface area contributed by atoms with E-state index in [1.54, 1.807) is 0 Å². The van der Waals surface area contributed by atoms with Crippen LogP contribution in [0.4, 0.5) is 0 Å². The molecule has 0 rings (SSSR count). The number of unbranched alkanes of at least 4 members (excludes halogenated alkanes) is 42. The molecule has 0 radical (unpaired) electrons. The second-order valence-electron chi connectivity index (χ2n) is 22.3. The molecule has 0 amide bonds. The van der Waals surface area contributed by atoms with E-state index in [0.717, 1.165) is 57.8 Å². The summed E-state index contributed by atoms with van der Waals surface area (Å²) in [5.74, 6) is -0.692. The van der Waals surface area contributed by atoms with Crippen molar-refractivity contribution >= 4 is 17.9 Å². The molecule has 0 aromatic heterocycles. The zero-order chi connectivity index (χ0) is 49.9. The lowest BCUT2D eigenvalue weighted by molar-refractivity contribution is -0.925. The Balaban J connectivity index is 0. The Morgan fingerprint density at radius 2 is 0.420 bits per heavy atom. The van der Waals surface area contributed by atoms with Gasteiger partial charge in [-0.25, -0.2) is 0 Å². The number of halogens is 1. The zero-order valence-corrected chi connectivity index (χ0v) is 48.1. The first-order chi connectivity index (χ1) is 33.1. The van der Waals surface area contributed by atoms with Crippen LogP contribution in [0.25, 0.3) is 0 Å². The van der Waals surface area contributed by atoms with E-state index in [1.807, 2.05) is 21.1 Å². The number of ether oxygens (including phenoxy) is 3. The second-order valence-corrected chi connectivity index (χ2v) is 22.3. The molecular weight excluding hydrogens is 878 g/mol. The molecule has 0 fully saturated rings. The van der Waals surface area contributed by atoms with Crippen molar-refractivity contribution in [1.29, 1.82) is 0 Å². The minimum absolute atomic E-state index is 0. The van der Waals surface area contributed by atoms with Crippen molar-refractivity contribution < 1.29 is 45.5 Å². The minimum atomic E-state index is -0.903. The van der Waals surface area contributed by atoms with Crippen LogP contribution >= 0.6 is 0 Å². The number of esters is 3. The summed E-state index contributed by atoms with van der Waals surface area (Å²) in [7, 11) is 6.02. The van der Waals surface area contributed by atoms with Gasteiger partial charge in [0, 0.05) is 19.3 Å². The summed E-state index contributed by atoms with van der Waals surface area (Å²) in [5, 5.41) is 0. The number of carbonyl (C=O) groups is 3. The van der Waals surface area contributed by atoms with E-state index < -0.39 is 5.54 Å². The number of quaternary nitrogens is 1. The smallest absolute Gasteiger partial charge is 0.306 e. The number of likely N-dealkylation sites (N-methyl/N-ethyl adjacent to an activating group) is 1. The van der Waals surface area contributed by atoms with Gasteiger partial charge in [0.15, 0.2) is 19.8 Å². The summed E-state index contributed by atoms with van der Waals surface area (Å²) < 4.78 is 18.2. The van der Waals surface area contributed by atoms with E-state index in [4.69, 9.17) is 14.2 Å². The SMILES string of the molecule is CCCCCCCCCCCCCCCCCC(=O)OCC(COC(=O)CCCCCCCCCCCCCCCCC)(COC(=O)CCCCCCCCCCCCCCCCC)[N+](C)(C)C.[Cl-]. The lowest BCUT2D eigenvalue weighted by Crippen LogP contribution is -3.00. The molecule has 0 aromatic rings. The topological polar surface area (TPSA) is 78.9 Å². The van der Waals surface area contributed by atoms with E-state index in [1.165, 1.54) is 231 Å². The average molecular weight is 999 g/mol. The van der Waals surface area contributed by atoms with Gasteiger partial charge in [0.25, 0.3) is 0 Å². The van der Waals surface area contributed by atoms with Crippen LogP contribution in [0.1, 0.15) is 329 Å². The van der Waals surface area contributed by atoms with Gasteiger partial charge < -0.3 is 31.1 Å². The van der Waals surface area contributed by atoms with Gasteiger partial charge in [-0.05, 0) is 19.3 Å². The van der Waals surface area contributed by atoms with Crippen molar-refractivity contribution in [3.63, 3.8) is 0 Å². The Kier molecular flexibility index (Phi) is 53.5. The highest BCUT2D eigenvalue weighted by Gasteiger charge is 2.47. The lowest BCUT2D eigenvalue weighted by Gasteiger charge is -2.44. The molecule has 69 heavy (non-hydrogen) atoms. The van der Waals surface area contributed by atoms with Crippen LogP contribution in [0, 0.1) is 0 Å². The third kappa shape index (κ3) is 47.4. The van der Waals surface area contributed by atoms with E-state index in [2.05, 4.69) is 20.8 Å². The Hall–Kier alpha value is -1.34. The first-order valence-electron chi connectivity index (χ1n) is 30.4. The molecule has 0 saturated carbocycles. The molecule has 7 nitrogen and oxygen atoms in total. The third-order valence-electron chi connectivity index (χ3n) is 14.9. The molecule has 0 atom stereocenters. The fourth-order valence-electron chi connectivity index (χ4n) is 9.49. The maximum absolute atomic E-state index is 13.1. The van der Waals surface area contributed by atoms with E-state index in [9.17, 15) is 14.4 Å². The van der Waals surface area contributed by atoms with Crippen molar-refractivity contribution in [1.82, 2.24) is 0 Å². The highest BCUT2D eigenvalue weighted by Crippen LogP contribution is 2.24. The fourth-order valence-corrected chi connectivity index (χ4v) is 9.49. The van der Waals surface area contributed by atoms with E-state index in [0.29, 0.717) is 23.7 Å². The summed E-state index contributed by atoms with van der Waals surface area (Å²) in [5.41, 5.74) is -0.903. The van der Waals surface area contributed by atoms with Crippen molar-refractivity contribution in [3.8, 4) is 0 Å². The molecular formula is C61H120ClNO6. The average Bonchev–Trinajstić information content (AvgIpc) is 3.32. The van der Waals surface area contributed by atoms with Crippen LogP contribution in [0.3, 0.4) is 0 Å². The Bertz CT molecular complexity index is 973. The molecule has 0 bridgehead atoms. The van der Waals surface area contributed by atoms with Crippen LogP contribution in [-0.2, 0) is 28.6 Å². The van der Waals surface area contributed by atoms with Gasteiger partial charge in [-0.15, -0.1) is 0 Å². The molecule has 0 aromatic carbocycles. The summed E-state index contributed by atoms with van der Waals surface area (Å²) in [4.78, 5) is 39.4. The van der Waals surface area contributed by atoms with Crippen molar-refractivity contribution in [2.45, 2.75) is 335 Å². The third-order valence-corrected chi connectivity index (χ3v) is 14.9. The number of nitrogens with zero attached hydrogens (tertiary/aromatic N) is 1. The first kappa shape index (κ1) is 69.7. The standard InChI is InChI=1S/C61H120NO6.ClH/c1-7-10-13-16-19-22-25-28-31-34-37-40-43-46-49-52-58(63)66-55-61(62(4,5)6,56-67-59(64)53-50-47-44-41-38-35-32-29-26-23-20-17-14-11-8-2)57-68-60(65)54-51-48-45-42-39-36-33-30-27-24-21-18-15-12-9-3;/h7-57H2,1-6H3;1H/q+1;/p-1. The van der Waals surface area contributed by atoms with Gasteiger partial charge in [0.1, 0.15) is 0 Å². The molecule has 0 spiro atoms. The number of hydrogen-bond acceptors (Lipinski definition) is 6. The van der Waals surface area contributed by atoms with E-state index in [-0.39, 0.29) is 50.1 Å². The molecule has 8 heteroatoms. The Morgan fingerprint density at radius 3 is 0.565 bits per heavy atom. The fraction of sp³-hybridized carbons (Fsp3) is 0.951. The zero-order valence-electron chi connectivity index (χ0n) is 47.3. The van der Waals surface area contributed by atoms with E-state index >= 15 is 0 Å². The van der Waals surface area contributed by atoms with Crippen LogP contribution in [0.15, 0.2) is 0 Å². The Morgan fingerprint density at radius 1 is 0.275 bits per heavy atom. The molecule has 0 N–H and O–H groups in total. The first-order valence-corrected chi connectivity index (χ1v) is 30.4. The molecule has 0 unspecified atom stereocenters. The van der Waals surface area contributed by atoms with Crippen LogP contribution in [0.2, 0.25) is 0 Å². The van der Waals surface area contributed by atoms with Gasteiger partial charge in [0.05, 0.1) is 21.1 Å². The summed E-state index contributed by atoms with van der Waals surface area (Å²) in [6, 6.07) is 0. The number of rotatable bonds is 55. The predicted octanol–water partition coefficient (Wildman–Crippen LogP) is 15.8. The summed E-state index contributed by atoms with van der Waals surface area (Å²) >= 11 is 0. The molecule has 412 valence electrons. The molecule has 0 heterocycles. The van der Waals surface area contributed by atoms with Gasteiger partial charge in [-0.1, -0.05) is 290 Å². The van der Waals surface area contributed by atoms with Crippen molar-refractivity contribution in [2.24, 2.45) is 0 Å². The minimum Gasteiger partial charge on any atom is -1.00 e. The Labute approximate surface area is 437 Å². The van der Waals surface area contributed by atoms with Crippen molar-refractivity contribution in [2.75, 3.05) is 41.0 Å². The molecule has 0 aliphatic heterocycles. The highest BCUT2D eigenvalue weighted by atomic mass is 35.5. The molecule has 0 saturated heterocycles. The monoisotopic (exact) mass is 998 g/mol.